The summed E-state index contributed by atoms with van der Waals surface area (Å²) in [6.45, 7) is 0.176. The highest BCUT2D eigenvalue weighted by Crippen LogP contribution is 2.37. The van der Waals surface area contributed by atoms with Gasteiger partial charge in [0.2, 0.25) is 12.7 Å². The van der Waals surface area contributed by atoms with Crippen molar-refractivity contribution in [1.82, 2.24) is 14.8 Å². The van der Waals surface area contributed by atoms with Gasteiger partial charge in [0.15, 0.2) is 22.5 Å². The van der Waals surface area contributed by atoms with Crippen molar-refractivity contribution >= 4 is 29.0 Å². The van der Waals surface area contributed by atoms with E-state index >= 15 is 0 Å². The molecule has 10 nitrogen and oxygen atoms in total. The molecule has 0 saturated carbocycles. The molecule has 0 spiro atoms. The summed E-state index contributed by atoms with van der Waals surface area (Å²) in [5, 5.41) is 22.8. The number of hydrogen-bond acceptors (Lipinski definition) is 8. The summed E-state index contributed by atoms with van der Waals surface area (Å²) in [6, 6.07) is 20.8. The molecule has 0 atom stereocenters. The summed E-state index contributed by atoms with van der Waals surface area (Å²) in [5.41, 5.74) is 2.07. The number of aromatic nitrogens is 3. The molecule has 3 aromatic carbocycles. The van der Waals surface area contributed by atoms with Gasteiger partial charge in [0, 0.05) is 29.1 Å². The highest BCUT2D eigenvalue weighted by Gasteiger charge is 2.20. The van der Waals surface area contributed by atoms with E-state index in [1.165, 1.54) is 36.0 Å². The number of nitro benzene ring substituents is 1. The molecule has 0 saturated heterocycles. The predicted molar refractivity (Wildman–Crippen MR) is 125 cm³/mol. The van der Waals surface area contributed by atoms with Crippen LogP contribution in [0.3, 0.4) is 0 Å². The third kappa shape index (κ3) is 4.41. The molecule has 0 bridgehead atoms. The summed E-state index contributed by atoms with van der Waals surface area (Å²) in [7, 11) is 0. The number of nitro groups is 1. The van der Waals surface area contributed by atoms with Crippen LogP contribution in [0.25, 0.3) is 17.1 Å². The number of nitrogens with one attached hydrogen (secondary N) is 1. The standard InChI is InChI=1S/C23H17N5O5S/c29-21(24-16-7-9-18(10-8-16)28(30)31)13-34-23-26-25-22(27(23)17-4-2-1-3-5-17)15-6-11-19-20(12-15)33-14-32-19/h1-12H,13-14H2,(H,24,29). The second kappa shape index (κ2) is 9.24. The second-order valence-electron chi connectivity index (χ2n) is 7.19. The summed E-state index contributed by atoms with van der Waals surface area (Å²) in [6.07, 6.45) is 0. The number of ether oxygens (including phenoxy) is 2. The number of anilines is 1. The van der Waals surface area contributed by atoms with Crippen molar-refractivity contribution in [2.75, 3.05) is 17.9 Å². The minimum absolute atomic E-state index is 0.0422. The predicted octanol–water partition coefficient (Wildman–Crippen LogP) is 4.30. The minimum atomic E-state index is -0.490. The fourth-order valence-corrected chi connectivity index (χ4v) is 4.14. The molecule has 1 aliphatic heterocycles. The van der Waals surface area contributed by atoms with E-state index in [0.29, 0.717) is 28.2 Å². The highest BCUT2D eigenvalue weighted by atomic mass is 32.2. The monoisotopic (exact) mass is 475 g/mol. The van der Waals surface area contributed by atoms with Crippen LogP contribution in [0.5, 0.6) is 11.5 Å². The van der Waals surface area contributed by atoms with Gasteiger partial charge in [-0.1, -0.05) is 30.0 Å². The van der Waals surface area contributed by atoms with E-state index in [9.17, 15) is 14.9 Å². The number of amides is 1. The molecule has 170 valence electrons. The number of carbonyl (C=O) groups is 1. The number of thioether (sulfide) groups is 1. The molecule has 5 rings (SSSR count). The van der Waals surface area contributed by atoms with Gasteiger partial charge in [0.25, 0.3) is 5.69 Å². The van der Waals surface area contributed by atoms with Crippen LogP contribution in [0.1, 0.15) is 0 Å². The first kappa shape index (κ1) is 21.5. The number of nitrogens with zero attached hydrogens (tertiary/aromatic N) is 4. The Kier molecular flexibility index (Phi) is 5.83. The van der Waals surface area contributed by atoms with Gasteiger partial charge >= 0.3 is 0 Å². The minimum Gasteiger partial charge on any atom is -0.454 e. The highest BCUT2D eigenvalue weighted by molar-refractivity contribution is 7.99. The molecule has 1 aromatic heterocycles. The molecule has 1 amide bonds. The average molecular weight is 475 g/mol. The van der Waals surface area contributed by atoms with Crippen LogP contribution in [-0.2, 0) is 4.79 Å². The van der Waals surface area contributed by atoms with Gasteiger partial charge in [-0.15, -0.1) is 10.2 Å². The Morgan fingerprint density at radius 1 is 1.03 bits per heavy atom. The Balaban J connectivity index is 1.37. The van der Waals surface area contributed by atoms with E-state index in [4.69, 9.17) is 9.47 Å². The van der Waals surface area contributed by atoms with Gasteiger partial charge in [0.05, 0.1) is 10.7 Å². The quantitative estimate of drug-likeness (QED) is 0.239. The van der Waals surface area contributed by atoms with Gasteiger partial charge in [-0.25, -0.2) is 0 Å². The van der Waals surface area contributed by atoms with E-state index in [-0.39, 0.29) is 24.1 Å². The van der Waals surface area contributed by atoms with Crippen LogP contribution in [0.15, 0.2) is 78.0 Å². The van der Waals surface area contributed by atoms with E-state index in [2.05, 4.69) is 15.5 Å². The fraction of sp³-hybridized carbons (Fsp3) is 0.0870. The van der Waals surface area contributed by atoms with Crippen molar-refractivity contribution in [2.45, 2.75) is 5.16 Å². The number of carbonyl (C=O) groups excluding carboxylic acids is 1. The molecule has 34 heavy (non-hydrogen) atoms. The number of hydrogen-bond donors (Lipinski definition) is 1. The third-order valence-electron chi connectivity index (χ3n) is 4.97. The summed E-state index contributed by atoms with van der Waals surface area (Å²) in [4.78, 5) is 22.8. The lowest BCUT2D eigenvalue weighted by atomic mass is 10.2. The van der Waals surface area contributed by atoms with Crippen molar-refractivity contribution in [1.29, 1.82) is 0 Å². The van der Waals surface area contributed by atoms with Crippen molar-refractivity contribution in [3.8, 4) is 28.6 Å². The molecule has 0 radical (unpaired) electrons. The van der Waals surface area contributed by atoms with E-state index in [0.717, 1.165) is 11.3 Å². The molecule has 0 unspecified atom stereocenters. The second-order valence-corrected chi connectivity index (χ2v) is 8.13. The average Bonchev–Trinajstić information content (AvgIpc) is 3.50. The van der Waals surface area contributed by atoms with E-state index in [1.807, 2.05) is 53.1 Å². The fourth-order valence-electron chi connectivity index (χ4n) is 3.39. The lowest BCUT2D eigenvalue weighted by Crippen LogP contribution is -2.14. The molecule has 0 aliphatic carbocycles. The smallest absolute Gasteiger partial charge is 0.269 e. The largest absolute Gasteiger partial charge is 0.454 e. The molecule has 1 aliphatic rings. The first-order chi connectivity index (χ1) is 16.6. The number of fused-ring (bicyclic) bond motifs is 1. The Hall–Kier alpha value is -4.38. The summed E-state index contributed by atoms with van der Waals surface area (Å²) in [5.74, 6) is 1.71. The van der Waals surface area contributed by atoms with Crippen LogP contribution in [-0.4, -0.2) is 38.1 Å². The van der Waals surface area contributed by atoms with Gasteiger partial charge in [0.1, 0.15) is 0 Å². The Labute approximate surface area is 197 Å². The van der Waals surface area contributed by atoms with Crippen LogP contribution in [0.4, 0.5) is 11.4 Å². The first-order valence-corrected chi connectivity index (χ1v) is 11.1. The SMILES string of the molecule is O=C(CSc1nnc(-c2ccc3c(c2)OCO3)n1-c1ccccc1)Nc1ccc([N+](=O)[O-])cc1. The zero-order chi connectivity index (χ0) is 23.5. The molecular weight excluding hydrogens is 458 g/mol. The Morgan fingerprint density at radius 3 is 2.56 bits per heavy atom. The number of para-hydroxylation sites is 1. The van der Waals surface area contributed by atoms with E-state index < -0.39 is 4.92 Å². The Bertz CT molecular complexity index is 1360. The van der Waals surface area contributed by atoms with E-state index in [1.54, 1.807) is 0 Å². The van der Waals surface area contributed by atoms with Crippen LogP contribution >= 0.6 is 11.8 Å². The van der Waals surface area contributed by atoms with Gasteiger partial charge in [-0.3, -0.25) is 19.5 Å². The zero-order valence-electron chi connectivity index (χ0n) is 17.6. The van der Waals surface area contributed by atoms with Crippen molar-refractivity contribution < 1.29 is 19.2 Å². The molecule has 2 heterocycles. The first-order valence-electron chi connectivity index (χ1n) is 10.2. The molecule has 4 aromatic rings. The van der Waals surface area contributed by atoms with Crippen molar-refractivity contribution in [3.63, 3.8) is 0 Å². The molecule has 0 fully saturated rings. The Morgan fingerprint density at radius 2 is 1.79 bits per heavy atom. The molecular formula is C23H17N5O5S. The maximum absolute atomic E-state index is 12.5. The summed E-state index contributed by atoms with van der Waals surface area (Å²) >= 11 is 1.23. The van der Waals surface area contributed by atoms with Gasteiger partial charge < -0.3 is 14.8 Å². The molecule has 1 N–H and O–H groups in total. The molecule has 11 heteroatoms. The van der Waals surface area contributed by atoms with Crippen LogP contribution < -0.4 is 14.8 Å². The van der Waals surface area contributed by atoms with Crippen LogP contribution in [0.2, 0.25) is 0 Å². The van der Waals surface area contributed by atoms with Gasteiger partial charge in [-0.05, 0) is 42.5 Å². The van der Waals surface area contributed by atoms with Crippen molar-refractivity contribution in [2.24, 2.45) is 0 Å². The third-order valence-corrected chi connectivity index (χ3v) is 5.90. The maximum atomic E-state index is 12.5. The maximum Gasteiger partial charge on any atom is 0.269 e. The lowest BCUT2D eigenvalue weighted by molar-refractivity contribution is -0.384. The normalized spacial score (nSPS) is 11.9. The number of non-ortho nitro benzene ring substituents is 1. The number of benzene rings is 3. The lowest BCUT2D eigenvalue weighted by Gasteiger charge is -2.11. The van der Waals surface area contributed by atoms with Gasteiger partial charge in [-0.2, -0.15) is 0 Å². The summed E-state index contributed by atoms with van der Waals surface area (Å²) < 4.78 is 12.8. The zero-order valence-corrected chi connectivity index (χ0v) is 18.4. The number of rotatable bonds is 7. The van der Waals surface area contributed by atoms with Crippen molar-refractivity contribution in [3.05, 3.63) is 82.9 Å². The topological polar surface area (TPSA) is 121 Å². The van der Waals surface area contributed by atoms with Crippen LogP contribution in [0, 0.1) is 10.1 Å².